The van der Waals surface area contributed by atoms with E-state index >= 15 is 0 Å². The van der Waals surface area contributed by atoms with E-state index in [4.69, 9.17) is 10.5 Å². The summed E-state index contributed by atoms with van der Waals surface area (Å²) < 4.78 is 6.15. The molecule has 19 heavy (non-hydrogen) atoms. The summed E-state index contributed by atoms with van der Waals surface area (Å²) in [4.78, 5) is 0. The van der Waals surface area contributed by atoms with Crippen LogP contribution in [-0.4, -0.2) is 12.7 Å². The van der Waals surface area contributed by atoms with Crippen LogP contribution < -0.4 is 5.73 Å². The highest BCUT2D eigenvalue weighted by Gasteiger charge is 2.17. The fraction of sp³-hybridized carbons (Fsp3) is 0.647. The maximum absolute atomic E-state index is 6.15. The third-order valence-electron chi connectivity index (χ3n) is 4.13. The van der Waals surface area contributed by atoms with Gasteiger partial charge in [-0.3, -0.25) is 0 Å². The Morgan fingerprint density at radius 1 is 1.16 bits per heavy atom. The van der Waals surface area contributed by atoms with E-state index in [0.29, 0.717) is 12.0 Å². The normalized spacial score (nSPS) is 18.4. The van der Waals surface area contributed by atoms with Gasteiger partial charge in [-0.15, -0.1) is 0 Å². The first-order valence-corrected chi connectivity index (χ1v) is 7.76. The average molecular weight is 261 g/mol. The standard InChI is InChI=1S/C17H27NO/c1-2-6-15(14-9-11-16(18)12-10-14)13-19-17-7-4-3-5-8-17/h9-12,15,17H,2-8,13,18H2,1H3. The molecule has 2 N–H and O–H groups in total. The van der Waals surface area contributed by atoms with Gasteiger partial charge in [-0.1, -0.05) is 44.7 Å². The van der Waals surface area contributed by atoms with E-state index < -0.39 is 0 Å². The highest BCUT2D eigenvalue weighted by molar-refractivity contribution is 5.40. The minimum absolute atomic E-state index is 0.502. The minimum atomic E-state index is 0.502. The first-order valence-electron chi connectivity index (χ1n) is 7.76. The van der Waals surface area contributed by atoms with Gasteiger partial charge in [0.05, 0.1) is 12.7 Å². The predicted molar refractivity (Wildman–Crippen MR) is 81.3 cm³/mol. The second-order valence-electron chi connectivity index (χ2n) is 5.75. The summed E-state index contributed by atoms with van der Waals surface area (Å²) in [6, 6.07) is 8.30. The molecule has 1 aliphatic carbocycles. The van der Waals surface area contributed by atoms with Crippen molar-refractivity contribution in [2.75, 3.05) is 12.3 Å². The summed E-state index contributed by atoms with van der Waals surface area (Å²) >= 11 is 0. The third kappa shape index (κ3) is 4.54. The van der Waals surface area contributed by atoms with Crippen LogP contribution in [0.5, 0.6) is 0 Å². The Labute approximate surface area is 117 Å². The maximum Gasteiger partial charge on any atom is 0.0575 e. The molecule has 106 valence electrons. The molecule has 0 heterocycles. The molecule has 0 radical (unpaired) electrons. The molecular weight excluding hydrogens is 234 g/mol. The highest BCUT2D eigenvalue weighted by atomic mass is 16.5. The van der Waals surface area contributed by atoms with Crippen molar-refractivity contribution in [1.29, 1.82) is 0 Å². The number of rotatable bonds is 6. The number of hydrogen-bond donors (Lipinski definition) is 1. The highest BCUT2D eigenvalue weighted by Crippen LogP contribution is 2.26. The van der Waals surface area contributed by atoms with Crippen LogP contribution in [0.15, 0.2) is 24.3 Å². The van der Waals surface area contributed by atoms with Crippen molar-refractivity contribution in [3.05, 3.63) is 29.8 Å². The van der Waals surface area contributed by atoms with Crippen LogP contribution in [0.1, 0.15) is 63.4 Å². The Morgan fingerprint density at radius 3 is 2.47 bits per heavy atom. The van der Waals surface area contributed by atoms with Gasteiger partial charge in [-0.25, -0.2) is 0 Å². The SMILES string of the molecule is CCCC(COC1CCCCC1)c1ccc(N)cc1. The number of nitrogen functional groups attached to an aromatic ring is 1. The Balaban J connectivity index is 1.89. The van der Waals surface area contributed by atoms with Crippen LogP contribution in [0, 0.1) is 0 Å². The zero-order valence-electron chi connectivity index (χ0n) is 12.1. The lowest BCUT2D eigenvalue weighted by molar-refractivity contribution is 0.0188. The topological polar surface area (TPSA) is 35.2 Å². The van der Waals surface area contributed by atoms with E-state index in [-0.39, 0.29) is 0 Å². The van der Waals surface area contributed by atoms with Gasteiger partial charge in [0.2, 0.25) is 0 Å². The van der Waals surface area contributed by atoms with Crippen molar-refractivity contribution in [3.63, 3.8) is 0 Å². The Bertz CT molecular complexity index is 354. The minimum Gasteiger partial charge on any atom is -0.399 e. The number of ether oxygens (including phenoxy) is 1. The van der Waals surface area contributed by atoms with Crippen molar-refractivity contribution < 1.29 is 4.74 Å². The van der Waals surface area contributed by atoms with Gasteiger partial charge in [0.15, 0.2) is 0 Å². The third-order valence-corrected chi connectivity index (χ3v) is 4.13. The molecule has 0 aliphatic heterocycles. The van der Waals surface area contributed by atoms with Crippen LogP contribution in [-0.2, 0) is 4.74 Å². The lowest BCUT2D eigenvalue weighted by Gasteiger charge is -2.25. The molecule has 1 saturated carbocycles. The molecule has 2 nitrogen and oxygen atoms in total. The first kappa shape index (κ1) is 14.4. The molecule has 0 spiro atoms. The van der Waals surface area contributed by atoms with E-state index in [1.807, 2.05) is 12.1 Å². The van der Waals surface area contributed by atoms with Crippen LogP contribution in [0.3, 0.4) is 0 Å². The molecule has 1 atom stereocenters. The quantitative estimate of drug-likeness (QED) is 0.765. The summed E-state index contributed by atoms with van der Waals surface area (Å²) in [5.41, 5.74) is 7.97. The Hall–Kier alpha value is -1.02. The molecule has 1 unspecified atom stereocenters. The lowest BCUT2D eigenvalue weighted by Crippen LogP contribution is -2.20. The maximum atomic E-state index is 6.15. The molecule has 0 saturated heterocycles. The van der Waals surface area contributed by atoms with E-state index in [2.05, 4.69) is 19.1 Å². The molecule has 1 aliphatic rings. The van der Waals surface area contributed by atoms with Gasteiger partial charge >= 0.3 is 0 Å². The number of nitrogens with two attached hydrogens (primary N) is 1. The molecule has 0 bridgehead atoms. The van der Waals surface area contributed by atoms with Gasteiger partial charge in [-0.05, 0) is 37.0 Å². The average Bonchev–Trinajstić information content (AvgIpc) is 2.46. The smallest absolute Gasteiger partial charge is 0.0575 e. The van der Waals surface area contributed by atoms with E-state index in [1.165, 1.54) is 50.5 Å². The molecular formula is C17H27NO. The molecule has 1 aromatic carbocycles. The van der Waals surface area contributed by atoms with Crippen LogP contribution in [0.4, 0.5) is 5.69 Å². The van der Waals surface area contributed by atoms with Gasteiger partial charge < -0.3 is 10.5 Å². The summed E-state index contributed by atoms with van der Waals surface area (Å²) in [5, 5.41) is 0. The summed E-state index contributed by atoms with van der Waals surface area (Å²) in [6.45, 7) is 3.10. The Morgan fingerprint density at radius 2 is 1.84 bits per heavy atom. The molecule has 0 aromatic heterocycles. The van der Waals surface area contributed by atoms with Gasteiger partial charge in [0.25, 0.3) is 0 Å². The van der Waals surface area contributed by atoms with E-state index in [1.54, 1.807) is 0 Å². The molecule has 2 heteroatoms. The largest absolute Gasteiger partial charge is 0.399 e. The van der Waals surface area contributed by atoms with Gasteiger partial charge in [0, 0.05) is 11.6 Å². The summed E-state index contributed by atoms with van der Waals surface area (Å²) in [7, 11) is 0. The molecule has 0 amide bonds. The van der Waals surface area contributed by atoms with Crippen molar-refractivity contribution >= 4 is 5.69 Å². The van der Waals surface area contributed by atoms with Gasteiger partial charge in [-0.2, -0.15) is 0 Å². The second-order valence-corrected chi connectivity index (χ2v) is 5.75. The van der Waals surface area contributed by atoms with Crippen LogP contribution in [0.2, 0.25) is 0 Å². The molecule has 2 rings (SSSR count). The predicted octanol–water partition coefficient (Wildman–Crippen LogP) is 4.50. The van der Waals surface area contributed by atoms with Crippen molar-refractivity contribution in [3.8, 4) is 0 Å². The first-order chi connectivity index (χ1) is 9.29. The van der Waals surface area contributed by atoms with Crippen molar-refractivity contribution in [1.82, 2.24) is 0 Å². The monoisotopic (exact) mass is 261 g/mol. The fourth-order valence-corrected chi connectivity index (χ4v) is 2.95. The van der Waals surface area contributed by atoms with Crippen LogP contribution >= 0.6 is 0 Å². The fourth-order valence-electron chi connectivity index (χ4n) is 2.95. The van der Waals surface area contributed by atoms with Crippen molar-refractivity contribution in [2.24, 2.45) is 0 Å². The van der Waals surface area contributed by atoms with Crippen molar-refractivity contribution in [2.45, 2.75) is 63.9 Å². The van der Waals surface area contributed by atoms with E-state index in [0.717, 1.165) is 12.3 Å². The zero-order valence-corrected chi connectivity index (χ0v) is 12.1. The lowest BCUT2D eigenvalue weighted by atomic mass is 9.94. The summed E-state index contributed by atoms with van der Waals surface area (Å²) in [6.07, 6.45) is 9.45. The number of hydrogen-bond acceptors (Lipinski definition) is 2. The summed E-state index contributed by atoms with van der Waals surface area (Å²) in [5.74, 6) is 0.521. The van der Waals surface area contributed by atoms with Gasteiger partial charge in [0.1, 0.15) is 0 Å². The second kappa shape index (κ2) is 7.54. The zero-order chi connectivity index (χ0) is 13.5. The van der Waals surface area contributed by atoms with Crippen LogP contribution in [0.25, 0.3) is 0 Å². The van der Waals surface area contributed by atoms with E-state index in [9.17, 15) is 0 Å². The molecule has 1 aromatic rings. The number of anilines is 1. The Kier molecular flexibility index (Phi) is 5.71. The number of benzene rings is 1. The molecule has 1 fully saturated rings.